The van der Waals surface area contributed by atoms with Crippen molar-refractivity contribution in [2.45, 2.75) is 32.5 Å². The summed E-state index contributed by atoms with van der Waals surface area (Å²) in [7, 11) is -0.0980. The molecule has 4 heteroatoms. The number of aromatic nitrogens is 1. The third-order valence-corrected chi connectivity index (χ3v) is 3.61. The van der Waals surface area contributed by atoms with Crippen molar-refractivity contribution >= 4 is 7.12 Å². The predicted octanol–water partition coefficient (Wildman–Crippen LogP) is 2.21. The third-order valence-electron chi connectivity index (χ3n) is 3.61. The fourth-order valence-corrected chi connectivity index (χ4v) is 2.65. The molecule has 1 unspecified atom stereocenters. The Morgan fingerprint density at radius 1 is 1.35 bits per heavy atom. The maximum atomic E-state index is 5.87. The Bertz CT molecular complexity index is 412. The second kappa shape index (κ2) is 4.11. The fraction of sp³-hybridized carbons (Fsp3) is 0.615. The van der Waals surface area contributed by atoms with Gasteiger partial charge in [-0.15, -0.1) is 0 Å². The molecule has 2 heterocycles. The second-order valence-corrected chi connectivity index (χ2v) is 5.85. The van der Waals surface area contributed by atoms with Crippen molar-refractivity contribution < 1.29 is 9.31 Å². The highest BCUT2D eigenvalue weighted by Crippen LogP contribution is 2.36. The van der Waals surface area contributed by atoms with Gasteiger partial charge in [0.1, 0.15) is 0 Å². The fourth-order valence-electron chi connectivity index (χ4n) is 2.65. The summed E-state index contributed by atoms with van der Waals surface area (Å²) in [5, 5.41) is 0. The standard InChI is InChI=1S/C13H18BNO2/c1-13(2)8-16-14(17-9-13)11-6-5-10-4-3-7-15-12(10)11/h3-4,7,11H,5-6,8-9H2,1-2H3. The number of hydrogen-bond acceptors (Lipinski definition) is 3. The molecule has 0 radical (unpaired) electrons. The van der Waals surface area contributed by atoms with Gasteiger partial charge >= 0.3 is 7.12 Å². The topological polar surface area (TPSA) is 31.4 Å². The zero-order valence-electron chi connectivity index (χ0n) is 10.5. The Kier molecular flexibility index (Phi) is 2.71. The van der Waals surface area contributed by atoms with Crippen molar-refractivity contribution in [3.05, 3.63) is 29.6 Å². The molecule has 1 atom stereocenters. The van der Waals surface area contributed by atoms with E-state index in [0.717, 1.165) is 26.1 Å². The molecule has 3 nitrogen and oxygen atoms in total. The molecule has 17 heavy (non-hydrogen) atoms. The zero-order chi connectivity index (χ0) is 11.9. The first-order chi connectivity index (χ1) is 8.16. The van der Waals surface area contributed by atoms with Crippen LogP contribution in [-0.4, -0.2) is 25.3 Å². The zero-order valence-corrected chi connectivity index (χ0v) is 10.5. The summed E-state index contributed by atoms with van der Waals surface area (Å²) in [6.45, 7) is 5.89. The molecule has 0 bridgehead atoms. The first-order valence-corrected chi connectivity index (χ1v) is 6.33. The van der Waals surface area contributed by atoms with E-state index in [0.29, 0.717) is 5.82 Å². The van der Waals surface area contributed by atoms with Gasteiger partial charge in [0.25, 0.3) is 0 Å². The Morgan fingerprint density at radius 3 is 2.88 bits per heavy atom. The SMILES string of the molecule is CC1(C)COB(C2CCc3cccnc32)OC1. The number of hydrogen-bond donors (Lipinski definition) is 0. The Labute approximate surface area is 103 Å². The first kappa shape index (κ1) is 11.2. The van der Waals surface area contributed by atoms with E-state index in [2.05, 4.69) is 24.9 Å². The van der Waals surface area contributed by atoms with Gasteiger partial charge in [-0.2, -0.15) is 0 Å². The lowest BCUT2D eigenvalue weighted by molar-refractivity contribution is 0.0241. The van der Waals surface area contributed by atoms with Gasteiger partial charge in [-0.25, -0.2) is 0 Å². The van der Waals surface area contributed by atoms with E-state index < -0.39 is 0 Å². The molecule has 90 valence electrons. The maximum absolute atomic E-state index is 5.87. The summed E-state index contributed by atoms with van der Waals surface area (Å²) < 4.78 is 11.7. The molecule has 1 aliphatic carbocycles. The average Bonchev–Trinajstić information content (AvgIpc) is 2.73. The van der Waals surface area contributed by atoms with E-state index in [1.807, 2.05) is 12.3 Å². The molecule has 1 saturated heterocycles. The summed E-state index contributed by atoms with van der Waals surface area (Å²) in [4.78, 5) is 4.49. The van der Waals surface area contributed by atoms with Crippen LogP contribution >= 0.6 is 0 Å². The van der Waals surface area contributed by atoms with Gasteiger partial charge in [-0.1, -0.05) is 19.9 Å². The van der Waals surface area contributed by atoms with Gasteiger partial charge < -0.3 is 9.31 Å². The van der Waals surface area contributed by atoms with Crippen molar-refractivity contribution in [1.82, 2.24) is 4.98 Å². The molecular formula is C13H18BNO2. The highest BCUT2D eigenvalue weighted by atomic mass is 16.6. The van der Waals surface area contributed by atoms with Gasteiger partial charge in [0, 0.05) is 36.3 Å². The number of nitrogens with zero attached hydrogens (tertiary/aromatic N) is 1. The van der Waals surface area contributed by atoms with Crippen molar-refractivity contribution in [1.29, 1.82) is 0 Å². The monoisotopic (exact) mass is 231 g/mol. The van der Waals surface area contributed by atoms with Crippen LogP contribution in [0.25, 0.3) is 0 Å². The van der Waals surface area contributed by atoms with Crippen molar-refractivity contribution in [2.24, 2.45) is 5.41 Å². The van der Waals surface area contributed by atoms with Crippen LogP contribution in [0.15, 0.2) is 18.3 Å². The molecule has 1 aromatic heterocycles. The van der Waals surface area contributed by atoms with E-state index in [9.17, 15) is 0 Å². The molecule has 0 spiro atoms. The molecule has 0 amide bonds. The van der Waals surface area contributed by atoms with Gasteiger partial charge in [-0.3, -0.25) is 4.98 Å². The number of pyridine rings is 1. The van der Waals surface area contributed by atoms with Crippen LogP contribution in [0, 0.1) is 5.41 Å². The van der Waals surface area contributed by atoms with Crippen LogP contribution < -0.4 is 0 Å². The molecule has 0 saturated carbocycles. The Hall–Kier alpha value is -0.865. The minimum Gasteiger partial charge on any atom is -0.410 e. The van der Waals surface area contributed by atoms with E-state index in [4.69, 9.17) is 9.31 Å². The van der Waals surface area contributed by atoms with Crippen LogP contribution in [0.3, 0.4) is 0 Å². The predicted molar refractivity (Wildman–Crippen MR) is 66.7 cm³/mol. The van der Waals surface area contributed by atoms with E-state index >= 15 is 0 Å². The molecule has 1 fully saturated rings. The molecule has 1 aromatic rings. The Morgan fingerprint density at radius 2 is 2.12 bits per heavy atom. The van der Waals surface area contributed by atoms with Crippen LogP contribution in [0.4, 0.5) is 0 Å². The normalized spacial score (nSPS) is 26.9. The van der Waals surface area contributed by atoms with Gasteiger partial charge in [0.2, 0.25) is 0 Å². The quantitative estimate of drug-likeness (QED) is 0.694. The van der Waals surface area contributed by atoms with Crippen LogP contribution in [0.1, 0.15) is 37.3 Å². The largest absolute Gasteiger partial charge is 0.466 e. The van der Waals surface area contributed by atoms with Gasteiger partial charge in [0.05, 0.1) is 0 Å². The van der Waals surface area contributed by atoms with Gasteiger partial charge in [-0.05, 0) is 24.5 Å². The molecule has 3 rings (SSSR count). The van der Waals surface area contributed by atoms with Crippen LogP contribution in [-0.2, 0) is 15.7 Å². The van der Waals surface area contributed by atoms with Crippen molar-refractivity contribution in [2.75, 3.05) is 13.2 Å². The minimum absolute atomic E-state index is 0.0980. The molecule has 2 aliphatic rings. The molecule has 0 aromatic carbocycles. The average molecular weight is 231 g/mol. The number of aryl methyl sites for hydroxylation is 1. The highest BCUT2D eigenvalue weighted by molar-refractivity contribution is 6.46. The summed E-state index contributed by atoms with van der Waals surface area (Å²) in [6.07, 6.45) is 4.06. The van der Waals surface area contributed by atoms with Crippen LogP contribution in [0.5, 0.6) is 0 Å². The van der Waals surface area contributed by atoms with Crippen LogP contribution in [0.2, 0.25) is 0 Å². The highest BCUT2D eigenvalue weighted by Gasteiger charge is 2.42. The lowest BCUT2D eigenvalue weighted by Crippen LogP contribution is -2.43. The third kappa shape index (κ3) is 2.12. The van der Waals surface area contributed by atoms with E-state index in [1.54, 1.807) is 0 Å². The van der Waals surface area contributed by atoms with E-state index in [-0.39, 0.29) is 12.5 Å². The summed E-state index contributed by atoms with van der Waals surface area (Å²) in [5.41, 5.74) is 2.67. The summed E-state index contributed by atoms with van der Waals surface area (Å²) >= 11 is 0. The summed E-state index contributed by atoms with van der Waals surface area (Å²) in [6, 6.07) is 4.17. The Balaban J connectivity index is 1.75. The molecule has 0 N–H and O–H groups in total. The first-order valence-electron chi connectivity index (χ1n) is 6.33. The lowest BCUT2D eigenvalue weighted by atomic mass is 9.68. The number of fused-ring (bicyclic) bond motifs is 1. The van der Waals surface area contributed by atoms with E-state index in [1.165, 1.54) is 11.3 Å². The maximum Gasteiger partial charge on any atom is 0.466 e. The molecule has 1 aliphatic heterocycles. The minimum atomic E-state index is -0.0980. The number of rotatable bonds is 1. The molecular weight excluding hydrogens is 213 g/mol. The smallest absolute Gasteiger partial charge is 0.410 e. The van der Waals surface area contributed by atoms with Crippen molar-refractivity contribution in [3.63, 3.8) is 0 Å². The van der Waals surface area contributed by atoms with Gasteiger partial charge in [0.15, 0.2) is 0 Å². The second-order valence-electron chi connectivity index (χ2n) is 5.85. The summed E-state index contributed by atoms with van der Waals surface area (Å²) in [5.74, 6) is 0.322. The van der Waals surface area contributed by atoms with Crippen molar-refractivity contribution in [3.8, 4) is 0 Å². The lowest BCUT2D eigenvalue weighted by Gasteiger charge is -2.35.